The normalized spacial score (nSPS) is 11.6. The van der Waals surface area contributed by atoms with Crippen LogP contribution in [0.5, 0.6) is 5.75 Å². The SMILES string of the molecule is COc1ccc(NC(=S)N=c2sc3ccccc3n2C)cc1. The lowest BCUT2D eigenvalue weighted by Crippen LogP contribution is -2.16. The maximum absolute atomic E-state index is 5.33. The van der Waals surface area contributed by atoms with E-state index in [1.165, 1.54) is 4.70 Å². The third-order valence-electron chi connectivity index (χ3n) is 3.25. The fourth-order valence-electron chi connectivity index (χ4n) is 2.10. The summed E-state index contributed by atoms with van der Waals surface area (Å²) in [5.74, 6) is 0.810. The van der Waals surface area contributed by atoms with Crippen LogP contribution in [0.25, 0.3) is 10.2 Å². The molecule has 0 unspecified atom stereocenters. The Kier molecular flexibility index (Phi) is 4.22. The van der Waals surface area contributed by atoms with Crippen LogP contribution in [-0.4, -0.2) is 16.8 Å². The molecule has 0 spiro atoms. The third kappa shape index (κ3) is 3.03. The van der Waals surface area contributed by atoms with Crippen molar-refractivity contribution in [2.45, 2.75) is 0 Å². The van der Waals surface area contributed by atoms with Crippen molar-refractivity contribution in [3.8, 4) is 5.75 Å². The van der Waals surface area contributed by atoms with Gasteiger partial charge in [0.15, 0.2) is 9.91 Å². The summed E-state index contributed by atoms with van der Waals surface area (Å²) in [6.07, 6.45) is 0. The van der Waals surface area contributed by atoms with Crippen molar-refractivity contribution < 1.29 is 4.74 Å². The number of methoxy groups -OCH3 is 1. The number of anilines is 1. The number of benzene rings is 2. The molecule has 0 saturated heterocycles. The smallest absolute Gasteiger partial charge is 0.199 e. The number of nitrogens with one attached hydrogen (secondary N) is 1. The van der Waals surface area contributed by atoms with Crippen molar-refractivity contribution in [2.24, 2.45) is 12.0 Å². The van der Waals surface area contributed by atoms with E-state index >= 15 is 0 Å². The molecule has 112 valence electrons. The molecule has 6 heteroatoms. The molecule has 1 aromatic heterocycles. The van der Waals surface area contributed by atoms with Gasteiger partial charge in [0.05, 0.1) is 17.3 Å². The number of fused-ring (bicyclic) bond motifs is 1. The van der Waals surface area contributed by atoms with E-state index < -0.39 is 0 Å². The maximum atomic E-state index is 5.33. The van der Waals surface area contributed by atoms with Gasteiger partial charge in [-0.15, -0.1) is 0 Å². The molecule has 0 aliphatic carbocycles. The molecule has 0 bridgehead atoms. The second kappa shape index (κ2) is 6.29. The maximum Gasteiger partial charge on any atom is 0.199 e. The van der Waals surface area contributed by atoms with Gasteiger partial charge in [-0.05, 0) is 48.6 Å². The molecule has 3 aromatic rings. The summed E-state index contributed by atoms with van der Waals surface area (Å²) < 4.78 is 8.37. The summed E-state index contributed by atoms with van der Waals surface area (Å²) in [5, 5.41) is 3.55. The van der Waals surface area contributed by atoms with Gasteiger partial charge in [-0.25, -0.2) is 0 Å². The minimum absolute atomic E-state index is 0.437. The summed E-state index contributed by atoms with van der Waals surface area (Å²) in [6, 6.07) is 15.8. The molecule has 0 amide bonds. The Labute approximate surface area is 137 Å². The first-order chi connectivity index (χ1) is 10.7. The third-order valence-corrected chi connectivity index (χ3v) is 4.56. The Hall–Kier alpha value is -2.18. The number of ether oxygens (including phenoxy) is 1. The highest BCUT2D eigenvalue weighted by Crippen LogP contribution is 2.16. The van der Waals surface area contributed by atoms with Gasteiger partial charge in [0.1, 0.15) is 5.75 Å². The van der Waals surface area contributed by atoms with Crippen LogP contribution in [0.15, 0.2) is 53.5 Å². The summed E-state index contributed by atoms with van der Waals surface area (Å²) in [6.45, 7) is 0. The molecule has 0 aliphatic rings. The van der Waals surface area contributed by atoms with Crippen LogP contribution >= 0.6 is 23.6 Å². The predicted octanol–water partition coefficient (Wildman–Crippen LogP) is 3.55. The summed E-state index contributed by atoms with van der Waals surface area (Å²) in [7, 11) is 3.64. The quantitative estimate of drug-likeness (QED) is 0.731. The number of thiazole rings is 1. The van der Waals surface area contributed by atoms with Gasteiger partial charge in [0.2, 0.25) is 0 Å². The van der Waals surface area contributed by atoms with E-state index in [1.54, 1.807) is 18.4 Å². The van der Waals surface area contributed by atoms with Crippen LogP contribution in [0.3, 0.4) is 0 Å². The fraction of sp³-hybridized carbons (Fsp3) is 0.125. The molecule has 3 rings (SSSR count). The van der Waals surface area contributed by atoms with Crippen molar-refractivity contribution in [3.05, 3.63) is 53.3 Å². The van der Waals surface area contributed by atoms with E-state index in [-0.39, 0.29) is 0 Å². The molecule has 0 saturated carbocycles. The van der Waals surface area contributed by atoms with Crippen LogP contribution in [-0.2, 0) is 7.05 Å². The van der Waals surface area contributed by atoms with E-state index in [4.69, 9.17) is 17.0 Å². The summed E-state index contributed by atoms with van der Waals surface area (Å²) >= 11 is 6.95. The minimum Gasteiger partial charge on any atom is -0.497 e. The first kappa shape index (κ1) is 14.7. The number of nitrogens with zero attached hydrogens (tertiary/aromatic N) is 2. The Balaban J connectivity index is 1.86. The zero-order valence-electron chi connectivity index (χ0n) is 12.2. The lowest BCUT2D eigenvalue weighted by molar-refractivity contribution is 0.415. The number of rotatable bonds is 2. The zero-order chi connectivity index (χ0) is 15.5. The average Bonchev–Trinajstić information content (AvgIpc) is 2.84. The average molecular weight is 329 g/mol. The van der Waals surface area contributed by atoms with Crippen molar-refractivity contribution in [1.29, 1.82) is 0 Å². The van der Waals surface area contributed by atoms with Gasteiger partial charge in [0.25, 0.3) is 0 Å². The Morgan fingerprint density at radius 1 is 1.18 bits per heavy atom. The van der Waals surface area contributed by atoms with E-state index in [0.717, 1.165) is 21.8 Å². The van der Waals surface area contributed by atoms with Gasteiger partial charge in [0, 0.05) is 12.7 Å². The van der Waals surface area contributed by atoms with Crippen LogP contribution in [0.4, 0.5) is 5.69 Å². The first-order valence-corrected chi connectivity index (χ1v) is 7.94. The monoisotopic (exact) mass is 329 g/mol. The molecular formula is C16H15N3OS2. The fourth-order valence-corrected chi connectivity index (χ4v) is 3.39. The second-order valence-electron chi connectivity index (χ2n) is 4.68. The molecule has 4 nitrogen and oxygen atoms in total. The minimum atomic E-state index is 0.437. The topological polar surface area (TPSA) is 38.5 Å². The first-order valence-electron chi connectivity index (χ1n) is 6.72. The number of aromatic nitrogens is 1. The molecule has 0 radical (unpaired) electrons. The van der Waals surface area contributed by atoms with Crippen molar-refractivity contribution in [2.75, 3.05) is 12.4 Å². The van der Waals surface area contributed by atoms with Crippen LogP contribution in [0.1, 0.15) is 0 Å². The van der Waals surface area contributed by atoms with Gasteiger partial charge >= 0.3 is 0 Å². The summed E-state index contributed by atoms with van der Waals surface area (Å²) in [4.78, 5) is 5.37. The molecule has 0 fully saturated rings. The number of aryl methyl sites for hydroxylation is 1. The highest BCUT2D eigenvalue weighted by atomic mass is 32.1. The highest BCUT2D eigenvalue weighted by molar-refractivity contribution is 7.80. The van der Waals surface area contributed by atoms with E-state index in [9.17, 15) is 0 Å². The molecule has 1 heterocycles. The van der Waals surface area contributed by atoms with Gasteiger partial charge < -0.3 is 14.6 Å². The Morgan fingerprint density at radius 3 is 2.59 bits per heavy atom. The van der Waals surface area contributed by atoms with Crippen molar-refractivity contribution in [1.82, 2.24) is 4.57 Å². The molecular weight excluding hydrogens is 314 g/mol. The van der Waals surface area contributed by atoms with E-state index in [1.807, 2.05) is 48.0 Å². The molecule has 2 aromatic carbocycles. The lowest BCUT2D eigenvalue weighted by atomic mass is 10.3. The molecule has 0 atom stereocenters. The van der Waals surface area contributed by atoms with Crippen LogP contribution in [0.2, 0.25) is 0 Å². The van der Waals surface area contributed by atoms with Crippen molar-refractivity contribution >= 4 is 44.6 Å². The Bertz CT molecular complexity index is 878. The highest BCUT2D eigenvalue weighted by Gasteiger charge is 2.03. The van der Waals surface area contributed by atoms with Gasteiger partial charge in [-0.2, -0.15) is 4.99 Å². The standard InChI is InChI=1S/C16H15N3OS2/c1-19-13-5-3-4-6-14(13)22-16(19)18-15(21)17-11-7-9-12(20-2)10-8-11/h3-10H,1-2H3,(H,17,21). The zero-order valence-corrected chi connectivity index (χ0v) is 13.9. The molecule has 1 N–H and O–H groups in total. The number of hydrogen-bond acceptors (Lipinski definition) is 3. The predicted molar refractivity (Wildman–Crippen MR) is 95.6 cm³/mol. The lowest BCUT2D eigenvalue weighted by Gasteiger charge is -2.04. The Morgan fingerprint density at radius 2 is 1.91 bits per heavy atom. The van der Waals surface area contributed by atoms with Crippen LogP contribution in [0, 0.1) is 0 Å². The summed E-state index contributed by atoms with van der Waals surface area (Å²) in [5.41, 5.74) is 2.04. The largest absolute Gasteiger partial charge is 0.497 e. The number of para-hydroxylation sites is 1. The van der Waals surface area contributed by atoms with E-state index in [2.05, 4.69) is 22.4 Å². The van der Waals surface area contributed by atoms with Gasteiger partial charge in [-0.3, -0.25) is 0 Å². The number of thiocarbonyl (C=S) groups is 1. The number of hydrogen-bond donors (Lipinski definition) is 1. The van der Waals surface area contributed by atoms with Crippen molar-refractivity contribution in [3.63, 3.8) is 0 Å². The molecule has 22 heavy (non-hydrogen) atoms. The van der Waals surface area contributed by atoms with E-state index in [0.29, 0.717) is 5.11 Å². The molecule has 0 aliphatic heterocycles. The second-order valence-corrected chi connectivity index (χ2v) is 6.08. The van der Waals surface area contributed by atoms with Gasteiger partial charge in [-0.1, -0.05) is 23.5 Å². The van der Waals surface area contributed by atoms with Crippen LogP contribution < -0.4 is 14.9 Å².